The van der Waals surface area contributed by atoms with Gasteiger partial charge in [0.05, 0.1) is 6.10 Å². The molecule has 0 saturated heterocycles. The van der Waals surface area contributed by atoms with Crippen molar-refractivity contribution in [1.82, 2.24) is 9.55 Å². The third-order valence-electron chi connectivity index (χ3n) is 2.65. The summed E-state index contributed by atoms with van der Waals surface area (Å²) in [6, 6.07) is 0.0849. The molecule has 15 heavy (non-hydrogen) atoms. The first-order valence-corrected chi connectivity index (χ1v) is 5.48. The maximum Gasteiger partial charge on any atom is 0.108 e. The minimum absolute atomic E-state index is 0.0849. The first-order valence-electron chi connectivity index (χ1n) is 5.48. The molecule has 1 aromatic heterocycles. The molecule has 86 valence electrons. The van der Waals surface area contributed by atoms with Crippen LogP contribution in [-0.2, 0) is 18.2 Å². The summed E-state index contributed by atoms with van der Waals surface area (Å²) in [7, 11) is 2.00. The number of rotatable bonds is 6. The monoisotopic (exact) mass is 211 g/mol. The zero-order valence-corrected chi connectivity index (χ0v) is 9.81. The highest BCUT2D eigenvalue weighted by Gasteiger charge is 2.13. The SMILES string of the molecule is CCOC(C)C(N)CCc1nccn1C. The van der Waals surface area contributed by atoms with Crippen molar-refractivity contribution in [3.05, 3.63) is 18.2 Å². The lowest BCUT2D eigenvalue weighted by atomic mass is 10.1. The first kappa shape index (κ1) is 12.2. The molecule has 0 spiro atoms. The second-order valence-electron chi connectivity index (χ2n) is 3.82. The van der Waals surface area contributed by atoms with Gasteiger partial charge in [-0.25, -0.2) is 4.98 Å². The van der Waals surface area contributed by atoms with Gasteiger partial charge in [-0.3, -0.25) is 0 Å². The molecule has 1 heterocycles. The number of aryl methyl sites for hydroxylation is 2. The summed E-state index contributed by atoms with van der Waals surface area (Å²) in [6.45, 7) is 4.73. The maximum absolute atomic E-state index is 6.01. The molecule has 2 atom stereocenters. The lowest BCUT2D eigenvalue weighted by Crippen LogP contribution is -2.35. The van der Waals surface area contributed by atoms with Crippen LogP contribution >= 0.6 is 0 Å². The minimum Gasteiger partial charge on any atom is -0.377 e. The van der Waals surface area contributed by atoms with Gasteiger partial charge in [-0.05, 0) is 20.3 Å². The van der Waals surface area contributed by atoms with Gasteiger partial charge in [0.15, 0.2) is 0 Å². The molecule has 2 unspecified atom stereocenters. The number of ether oxygens (including phenoxy) is 1. The second kappa shape index (κ2) is 5.88. The van der Waals surface area contributed by atoms with Crippen LogP contribution in [0.25, 0.3) is 0 Å². The van der Waals surface area contributed by atoms with Crippen LogP contribution in [0.1, 0.15) is 26.1 Å². The van der Waals surface area contributed by atoms with Crippen LogP contribution in [0, 0.1) is 0 Å². The summed E-state index contributed by atoms with van der Waals surface area (Å²) >= 11 is 0. The third kappa shape index (κ3) is 3.64. The molecular formula is C11H21N3O. The van der Waals surface area contributed by atoms with E-state index in [1.54, 1.807) is 0 Å². The van der Waals surface area contributed by atoms with E-state index >= 15 is 0 Å². The molecule has 0 aliphatic carbocycles. The standard InChI is InChI=1S/C11H21N3O/c1-4-15-9(2)10(12)5-6-11-13-7-8-14(11)3/h7-10H,4-6,12H2,1-3H3. The molecule has 0 aromatic carbocycles. The first-order chi connectivity index (χ1) is 7.15. The van der Waals surface area contributed by atoms with E-state index in [0.717, 1.165) is 25.3 Å². The summed E-state index contributed by atoms with van der Waals surface area (Å²) < 4.78 is 7.48. The van der Waals surface area contributed by atoms with Gasteiger partial charge >= 0.3 is 0 Å². The van der Waals surface area contributed by atoms with Crippen LogP contribution in [0.3, 0.4) is 0 Å². The molecule has 2 N–H and O–H groups in total. The van der Waals surface area contributed by atoms with Gasteiger partial charge in [0, 0.05) is 38.5 Å². The number of imidazole rings is 1. The van der Waals surface area contributed by atoms with E-state index in [9.17, 15) is 0 Å². The summed E-state index contributed by atoms with van der Waals surface area (Å²) in [5, 5.41) is 0. The van der Waals surface area contributed by atoms with Crippen molar-refractivity contribution >= 4 is 0 Å². The predicted molar refractivity (Wildman–Crippen MR) is 60.6 cm³/mol. The van der Waals surface area contributed by atoms with Gasteiger partial charge in [-0.1, -0.05) is 0 Å². The van der Waals surface area contributed by atoms with E-state index in [1.165, 1.54) is 0 Å². The van der Waals surface area contributed by atoms with Crippen molar-refractivity contribution < 1.29 is 4.74 Å². The van der Waals surface area contributed by atoms with Gasteiger partial charge in [0.2, 0.25) is 0 Å². The van der Waals surface area contributed by atoms with E-state index < -0.39 is 0 Å². The molecule has 0 amide bonds. The zero-order valence-electron chi connectivity index (χ0n) is 9.81. The summed E-state index contributed by atoms with van der Waals surface area (Å²) in [4.78, 5) is 4.26. The van der Waals surface area contributed by atoms with E-state index in [-0.39, 0.29) is 12.1 Å². The normalized spacial score (nSPS) is 15.2. The topological polar surface area (TPSA) is 53.1 Å². The van der Waals surface area contributed by atoms with Crippen LogP contribution in [-0.4, -0.2) is 28.3 Å². The minimum atomic E-state index is 0.0849. The van der Waals surface area contributed by atoms with Gasteiger partial charge in [0.1, 0.15) is 5.82 Å². The average Bonchev–Trinajstić information content (AvgIpc) is 2.61. The lowest BCUT2D eigenvalue weighted by Gasteiger charge is -2.19. The molecular weight excluding hydrogens is 190 g/mol. The molecule has 0 radical (unpaired) electrons. The van der Waals surface area contributed by atoms with E-state index in [4.69, 9.17) is 10.5 Å². The number of hydrogen-bond donors (Lipinski definition) is 1. The Bertz CT molecular complexity index is 285. The fourth-order valence-electron chi connectivity index (χ4n) is 1.55. The predicted octanol–water partition coefficient (Wildman–Crippen LogP) is 1.10. The Morgan fingerprint density at radius 2 is 2.33 bits per heavy atom. The summed E-state index contributed by atoms with van der Waals surface area (Å²) in [5.41, 5.74) is 6.01. The molecule has 4 nitrogen and oxygen atoms in total. The zero-order chi connectivity index (χ0) is 11.3. The quantitative estimate of drug-likeness (QED) is 0.766. The fraction of sp³-hybridized carbons (Fsp3) is 0.727. The maximum atomic E-state index is 6.01. The van der Waals surface area contributed by atoms with E-state index in [0.29, 0.717) is 0 Å². The van der Waals surface area contributed by atoms with Crippen molar-refractivity contribution in [2.45, 2.75) is 38.8 Å². The van der Waals surface area contributed by atoms with Gasteiger partial charge in [-0.2, -0.15) is 0 Å². The second-order valence-corrected chi connectivity index (χ2v) is 3.82. The number of nitrogens with zero attached hydrogens (tertiary/aromatic N) is 2. The average molecular weight is 211 g/mol. The van der Waals surface area contributed by atoms with Crippen molar-refractivity contribution in [2.75, 3.05) is 6.61 Å². The van der Waals surface area contributed by atoms with Crippen molar-refractivity contribution in [3.63, 3.8) is 0 Å². The Kier molecular flexibility index (Phi) is 4.78. The summed E-state index contributed by atoms with van der Waals surface area (Å²) in [5.74, 6) is 1.08. The Labute approximate surface area is 91.4 Å². The lowest BCUT2D eigenvalue weighted by molar-refractivity contribution is 0.0555. The highest BCUT2D eigenvalue weighted by atomic mass is 16.5. The fourth-order valence-corrected chi connectivity index (χ4v) is 1.55. The van der Waals surface area contributed by atoms with Gasteiger partial charge < -0.3 is 15.0 Å². The van der Waals surface area contributed by atoms with Crippen LogP contribution in [0.4, 0.5) is 0 Å². The van der Waals surface area contributed by atoms with Gasteiger partial charge in [0.25, 0.3) is 0 Å². The molecule has 1 aromatic rings. The Hall–Kier alpha value is -0.870. The molecule has 4 heteroatoms. The summed E-state index contributed by atoms with van der Waals surface area (Å²) in [6.07, 6.45) is 5.70. The van der Waals surface area contributed by atoms with Crippen LogP contribution in [0.5, 0.6) is 0 Å². The molecule has 0 bridgehead atoms. The number of hydrogen-bond acceptors (Lipinski definition) is 3. The highest BCUT2D eigenvalue weighted by Crippen LogP contribution is 2.06. The van der Waals surface area contributed by atoms with Crippen LogP contribution in [0.15, 0.2) is 12.4 Å². The highest BCUT2D eigenvalue weighted by molar-refractivity contribution is 4.92. The Balaban J connectivity index is 2.34. The van der Waals surface area contributed by atoms with Crippen molar-refractivity contribution in [1.29, 1.82) is 0 Å². The van der Waals surface area contributed by atoms with E-state index in [2.05, 4.69) is 4.98 Å². The Morgan fingerprint density at radius 1 is 1.60 bits per heavy atom. The van der Waals surface area contributed by atoms with Crippen molar-refractivity contribution in [3.8, 4) is 0 Å². The number of aromatic nitrogens is 2. The van der Waals surface area contributed by atoms with E-state index in [1.807, 2.05) is 37.9 Å². The molecule has 0 aliphatic heterocycles. The van der Waals surface area contributed by atoms with Crippen LogP contribution < -0.4 is 5.73 Å². The van der Waals surface area contributed by atoms with Crippen LogP contribution in [0.2, 0.25) is 0 Å². The number of nitrogens with two attached hydrogens (primary N) is 1. The smallest absolute Gasteiger partial charge is 0.108 e. The third-order valence-corrected chi connectivity index (χ3v) is 2.65. The Morgan fingerprint density at radius 3 is 2.87 bits per heavy atom. The largest absolute Gasteiger partial charge is 0.377 e. The molecule has 0 fully saturated rings. The molecule has 0 aliphatic rings. The molecule has 1 rings (SSSR count). The van der Waals surface area contributed by atoms with Gasteiger partial charge in [-0.15, -0.1) is 0 Å². The molecule has 0 saturated carbocycles. The van der Waals surface area contributed by atoms with Crippen molar-refractivity contribution in [2.24, 2.45) is 12.8 Å².